The van der Waals surface area contributed by atoms with Gasteiger partial charge in [0.25, 0.3) is 0 Å². The van der Waals surface area contributed by atoms with Crippen LogP contribution in [0.5, 0.6) is 0 Å². The monoisotopic (exact) mass is 293 g/mol. The fourth-order valence-corrected chi connectivity index (χ4v) is 5.14. The van der Waals surface area contributed by atoms with Crippen LogP contribution in [0.25, 0.3) is 0 Å². The molecule has 122 valence electrons. The highest BCUT2D eigenvalue weighted by atomic mass is 16.5. The van der Waals surface area contributed by atoms with E-state index in [9.17, 15) is 0 Å². The van der Waals surface area contributed by atoms with Crippen molar-refractivity contribution in [3.05, 3.63) is 0 Å². The van der Waals surface area contributed by atoms with Gasteiger partial charge in [-0.05, 0) is 57.4 Å². The van der Waals surface area contributed by atoms with Crippen molar-refractivity contribution in [2.75, 3.05) is 7.05 Å². The molecule has 0 saturated heterocycles. The highest BCUT2D eigenvalue weighted by molar-refractivity contribution is 5.08. The topological polar surface area (TPSA) is 21.3 Å². The Morgan fingerprint density at radius 1 is 0.905 bits per heavy atom. The van der Waals surface area contributed by atoms with Gasteiger partial charge in [0, 0.05) is 11.5 Å². The lowest BCUT2D eigenvalue weighted by molar-refractivity contribution is -0.177. The van der Waals surface area contributed by atoms with Crippen LogP contribution in [-0.2, 0) is 4.74 Å². The molecule has 2 heteroatoms. The molecule has 0 aliphatic heterocycles. The minimum atomic E-state index is 0.470. The molecule has 3 rings (SSSR count). The molecule has 0 bridgehead atoms. The number of nitrogens with one attached hydrogen (secondary N) is 1. The standard InChI is InChI=1S/C19H35NO/c1-18(2)12-8-15(9-13-18)21-17-14-16(20-3)19(17)10-6-4-5-7-11-19/h15-17,20H,4-14H2,1-3H3. The minimum absolute atomic E-state index is 0.470. The molecule has 0 aromatic rings. The summed E-state index contributed by atoms with van der Waals surface area (Å²) < 4.78 is 6.66. The molecule has 3 fully saturated rings. The quantitative estimate of drug-likeness (QED) is 0.816. The molecule has 1 N–H and O–H groups in total. The van der Waals surface area contributed by atoms with Gasteiger partial charge in [0.15, 0.2) is 0 Å². The Labute approximate surface area is 131 Å². The molecule has 3 aliphatic rings. The summed E-state index contributed by atoms with van der Waals surface area (Å²) in [4.78, 5) is 0. The third-order valence-corrected chi connectivity index (χ3v) is 6.81. The van der Waals surface area contributed by atoms with Gasteiger partial charge in [0.1, 0.15) is 0 Å². The summed E-state index contributed by atoms with van der Waals surface area (Å²) in [6.07, 6.45) is 16.0. The Morgan fingerprint density at radius 2 is 1.52 bits per heavy atom. The van der Waals surface area contributed by atoms with Crippen LogP contribution in [0.2, 0.25) is 0 Å². The highest BCUT2D eigenvalue weighted by Crippen LogP contribution is 2.53. The van der Waals surface area contributed by atoms with Crippen molar-refractivity contribution in [3.8, 4) is 0 Å². The van der Waals surface area contributed by atoms with E-state index < -0.39 is 0 Å². The van der Waals surface area contributed by atoms with Crippen LogP contribution in [-0.4, -0.2) is 25.3 Å². The third-order valence-electron chi connectivity index (χ3n) is 6.81. The zero-order valence-electron chi connectivity index (χ0n) is 14.4. The van der Waals surface area contributed by atoms with Crippen molar-refractivity contribution in [1.82, 2.24) is 5.32 Å². The van der Waals surface area contributed by atoms with Gasteiger partial charge in [-0.3, -0.25) is 0 Å². The Bertz CT molecular complexity index is 333. The van der Waals surface area contributed by atoms with Gasteiger partial charge in [-0.2, -0.15) is 0 Å². The van der Waals surface area contributed by atoms with Crippen molar-refractivity contribution >= 4 is 0 Å². The van der Waals surface area contributed by atoms with Crippen LogP contribution in [0.3, 0.4) is 0 Å². The summed E-state index contributed by atoms with van der Waals surface area (Å²) in [6, 6.07) is 0.709. The lowest BCUT2D eigenvalue weighted by Crippen LogP contribution is -2.63. The molecule has 2 unspecified atom stereocenters. The third kappa shape index (κ3) is 3.17. The molecule has 0 radical (unpaired) electrons. The SMILES string of the molecule is CNC1CC(OC2CCC(C)(C)CC2)C12CCCCCC2. The molecule has 0 amide bonds. The number of hydrogen-bond acceptors (Lipinski definition) is 2. The minimum Gasteiger partial charge on any atom is -0.374 e. The first-order valence-corrected chi connectivity index (χ1v) is 9.38. The van der Waals surface area contributed by atoms with E-state index in [-0.39, 0.29) is 0 Å². The number of ether oxygens (including phenoxy) is 1. The van der Waals surface area contributed by atoms with E-state index in [1.165, 1.54) is 70.6 Å². The summed E-state index contributed by atoms with van der Waals surface area (Å²) in [6.45, 7) is 4.83. The van der Waals surface area contributed by atoms with E-state index in [2.05, 4.69) is 26.2 Å². The van der Waals surface area contributed by atoms with Gasteiger partial charge in [-0.1, -0.05) is 39.5 Å². The Hall–Kier alpha value is -0.0800. The number of hydrogen-bond donors (Lipinski definition) is 1. The summed E-state index contributed by atoms with van der Waals surface area (Å²) in [7, 11) is 2.15. The number of rotatable bonds is 3. The lowest BCUT2D eigenvalue weighted by Gasteiger charge is -2.57. The Balaban J connectivity index is 1.60. The molecule has 2 nitrogen and oxygen atoms in total. The maximum absolute atomic E-state index is 6.66. The second-order valence-electron chi connectivity index (χ2n) is 8.71. The first-order valence-electron chi connectivity index (χ1n) is 9.38. The van der Waals surface area contributed by atoms with Gasteiger partial charge in [-0.15, -0.1) is 0 Å². The molecule has 0 aromatic carbocycles. The fraction of sp³-hybridized carbons (Fsp3) is 1.00. The first-order chi connectivity index (χ1) is 10.1. The van der Waals surface area contributed by atoms with Gasteiger partial charge in [-0.25, -0.2) is 0 Å². The molecule has 21 heavy (non-hydrogen) atoms. The zero-order chi connectivity index (χ0) is 14.9. The molecule has 2 atom stereocenters. The van der Waals surface area contributed by atoms with Gasteiger partial charge >= 0.3 is 0 Å². The van der Waals surface area contributed by atoms with E-state index in [1.807, 2.05) is 0 Å². The summed E-state index contributed by atoms with van der Waals surface area (Å²) in [5, 5.41) is 3.59. The van der Waals surface area contributed by atoms with Gasteiger partial charge in [0.2, 0.25) is 0 Å². The van der Waals surface area contributed by atoms with Gasteiger partial charge < -0.3 is 10.1 Å². The van der Waals surface area contributed by atoms with Crippen LogP contribution in [0, 0.1) is 10.8 Å². The predicted octanol–water partition coefficient (Wildman–Crippen LogP) is 4.67. The van der Waals surface area contributed by atoms with Crippen LogP contribution in [0.4, 0.5) is 0 Å². The second kappa shape index (κ2) is 6.20. The summed E-state index contributed by atoms with van der Waals surface area (Å²) in [5.74, 6) is 0. The molecule has 3 saturated carbocycles. The van der Waals surface area contributed by atoms with Crippen LogP contribution in [0.15, 0.2) is 0 Å². The van der Waals surface area contributed by atoms with Crippen LogP contribution >= 0.6 is 0 Å². The fourth-order valence-electron chi connectivity index (χ4n) is 5.14. The van der Waals surface area contributed by atoms with Crippen molar-refractivity contribution < 1.29 is 4.74 Å². The second-order valence-corrected chi connectivity index (χ2v) is 8.71. The molecule has 1 spiro atoms. The maximum atomic E-state index is 6.66. The van der Waals surface area contributed by atoms with E-state index in [4.69, 9.17) is 4.74 Å². The van der Waals surface area contributed by atoms with Crippen molar-refractivity contribution in [3.63, 3.8) is 0 Å². The molecule has 0 aromatic heterocycles. The zero-order valence-corrected chi connectivity index (χ0v) is 14.4. The molecule has 3 aliphatic carbocycles. The average Bonchev–Trinajstić information content (AvgIpc) is 2.72. The smallest absolute Gasteiger partial charge is 0.0665 e. The summed E-state index contributed by atoms with van der Waals surface area (Å²) in [5.41, 5.74) is 1.02. The predicted molar refractivity (Wildman–Crippen MR) is 88.5 cm³/mol. The van der Waals surface area contributed by atoms with E-state index >= 15 is 0 Å². The highest BCUT2D eigenvalue weighted by Gasteiger charge is 2.55. The van der Waals surface area contributed by atoms with Crippen LogP contribution in [0.1, 0.15) is 84.5 Å². The van der Waals surface area contributed by atoms with Crippen molar-refractivity contribution in [2.45, 2.75) is 103 Å². The average molecular weight is 293 g/mol. The first kappa shape index (κ1) is 15.8. The lowest BCUT2D eigenvalue weighted by atomic mass is 9.57. The Morgan fingerprint density at radius 3 is 2.10 bits per heavy atom. The molecular weight excluding hydrogens is 258 g/mol. The van der Waals surface area contributed by atoms with Gasteiger partial charge in [0.05, 0.1) is 12.2 Å². The normalized spacial score (nSPS) is 36.1. The molecular formula is C19H35NO. The van der Waals surface area contributed by atoms with E-state index in [1.54, 1.807) is 0 Å². The molecule has 0 heterocycles. The van der Waals surface area contributed by atoms with Crippen molar-refractivity contribution in [1.29, 1.82) is 0 Å². The van der Waals surface area contributed by atoms with Crippen LogP contribution < -0.4 is 5.32 Å². The summed E-state index contributed by atoms with van der Waals surface area (Å²) >= 11 is 0. The van der Waals surface area contributed by atoms with Crippen molar-refractivity contribution in [2.24, 2.45) is 10.8 Å². The van der Waals surface area contributed by atoms with E-state index in [0.717, 1.165) is 0 Å². The largest absolute Gasteiger partial charge is 0.374 e. The maximum Gasteiger partial charge on any atom is 0.0665 e. The van der Waals surface area contributed by atoms with E-state index in [0.29, 0.717) is 29.1 Å². The Kier molecular flexibility index (Phi) is 4.66.